The zero-order chi connectivity index (χ0) is 13.3. The van der Waals surface area contributed by atoms with Gasteiger partial charge in [-0.3, -0.25) is 4.79 Å². The lowest BCUT2D eigenvalue weighted by molar-refractivity contribution is 0.103. The third-order valence-electron chi connectivity index (χ3n) is 2.95. The number of carbonyl (C=O) groups excluding carboxylic acids is 1. The Bertz CT molecular complexity index is 618. The first-order chi connectivity index (χ1) is 8.50. The van der Waals surface area contributed by atoms with Gasteiger partial charge in [0.15, 0.2) is 5.78 Å². The van der Waals surface area contributed by atoms with E-state index in [2.05, 4.69) is 0 Å². The second-order valence-electron chi connectivity index (χ2n) is 4.23. The quantitative estimate of drug-likeness (QED) is 0.719. The summed E-state index contributed by atoms with van der Waals surface area (Å²) in [5.41, 5.74) is 3.07. The van der Waals surface area contributed by atoms with Gasteiger partial charge in [0.05, 0.1) is 10.0 Å². The Balaban J connectivity index is 2.53. The Morgan fingerprint density at radius 1 is 0.889 bits per heavy atom. The molecule has 0 saturated carbocycles. The number of hydrogen-bond acceptors (Lipinski definition) is 1. The fourth-order valence-corrected chi connectivity index (χ4v) is 2.27. The molecule has 2 rings (SSSR count). The lowest BCUT2D eigenvalue weighted by atomic mass is 9.99. The largest absolute Gasteiger partial charge is 0.288 e. The lowest BCUT2D eigenvalue weighted by Crippen LogP contribution is -2.04. The maximum atomic E-state index is 12.4. The molecule has 0 aliphatic rings. The third kappa shape index (κ3) is 2.43. The van der Waals surface area contributed by atoms with E-state index in [0.717, 1.165) is 11.1 Å². The highest BCUT2D eigenvalue weighted by Crippen LogP contribution is 2.26. The van der Waals surface area contributed by atoms with Crippen LogP contribution in [0, 0.1) is 13.8 Å². The zero-order valence-electron chi connectivity index (χ0n) is 10.1. The Labute approximate surface area is 116 Å². The summed E-state index contributed by atoms with van der Waals surface area (Å²) >= 11 is 12.2. The van der Waals surface area contributed by atoms with Crippen molar-refractivity contribution in [2.24, 2.45) is 0 Å². The van der Waals surface area contributed by atoms with E-state index in [-0.39, 0.29) is 5.78 Å². The minimum atomic E-state index is -0.145. The maximum absolute atomic E-state index is 12.4. The SMILES string of the molecule is Cc1cc(Cl)c(C(=O)c2ccccc2Cl)cc1C. The standard InChI is InChI=1S/C15H12Cl2O/c1-9-7-12(14(17)8-10(9)2)15(18)11-5-3-4-6-13(11)16/h3-8H,1-2H3. The highest BCUT2D eigenvalue weighted by atomic mass is 35.5. The van der Waals surface area contributed by atoms with E-state index in [9.17, 15) is 4.79 Å². The van der Waals surface area contributed by atoms with Crippen molar-refractivity contribution in [2.45, 2.75) is 13.8 Å². The molecule has 2 aromatic carbocycles. The first-order valence-electron chi connectivity index (χ1n) is 5.56. The smallest absolute Gasteiger partial charge is 0.196 e. The Hall–Kier alpha value is -1.31. The van der Waals surface area contributed by atoms with Gasteiger partial charge in [-0.05, 0) is 49.2 Å². The zero-order valence-corrected chi connectivity index (χ0v) is 11.6. The van der Waals surface area contributed by atoms with Gasteiger partial charge in [0.1, 0.15) is 0 Å². The molecular weight excluding hydrogens is 267 g/mol. The van der Waals surface area contributed by atoms with Crippen LogP contribution >= 0.6 is 23.2 Å². The van der Waals surface area contributed by atoms with Crippen LogP contribution in [-0.2, 0) is 0 Å². The molecule has 0 bridgehead atoms. The minimum absolute atomic E-state index is 0.145. The Morgan fingerprint density at radius 2 is 1.50 bits per heavy atom. The van der Waals surface area contributed by atoms with E-state index in [0.29, 0.717) is 21.2 Å². The van der Waals surface area contributed by atoms with Crippen LogP contribution in [0.3, 0.4) is 0 Å². The molecule has 3 heteroatoms. The fraction of sp³-hybridized carbons (Fsp3) is 0.133. The summed E-state index contributed by atoms with van der Waals surface area (Å²) in [7, 11) is 0. The predicted molar refractivity (Wildman–Crippen MR) is 75.8 cm³/mol. The summed E-state index contributed by atoms with van der Waals surface area (Å²) in [6, 6.07) is 10.6. The number of benzene rings is 2. The molecule has 92 valence electrons. The summed E-state index contributed by atoms with van der Waals surface area (Å²) in [5, 5.41) is 0.903. The van der Waals surface area contributed by atoms with E-state index in [1.165, 1.54) is 0 Å². The van der Waals surface area contributed by atoms with Crippen molar-refractivity contribution < 1.29 is 4.79 Å². The van der Waals surface area contributed by atoms with Crippen molar-refractivity contribution in [2.75, 3.05) is 0 Å². The maximum Gasteiger partial charge on any atom is 0.196 e. The first-order valence-corrected chi connectivity index (χ1v) is 6.32. The second-order valence-corrected chi connectivity index (χ2v) is 5.04. The number of ketones is 1. The molecule has 0 saturated heterocycles. The van der Waals surface area contributed by atoms with E-state index < -0.39 is 0 Å². The van der Waals surface area contributed by atoms with Crippen LogP contribution in [0.5, 0.6) is 0 Å². The van der Waals surface area contributed by atoms with E-state index in [4.69, 9.17) is 23.2 Å². The minimum Gasteiger partial charge on any atom is -0.288 e. The Kier molecular flexibility index (Phi) is 3.74. The molecule has 0 spiro atoms. The predicted octanol–water partition coefficient (Wildman–Crippen LogP) is 4.84. The fourth-order valence-electron chi connectivity index (χ4n) is 1.75. The van der Waals surface area contributed by atoms with Crippen LogP contribution in [0.1, 0.15) is 27.0 Å². The summed E-state index contributed by atoms with van der Waals surface area (Å²) in [6.45, 7) is 3.92. The first kappa shape index (κ1) is 13.1. The summed E-state index contributed by atoms with van der Waals surface area (Å²) in [6.07, 6.45) is 0. The molecule has 0 amide bonds. The number of carbonyl (C=O) groups is 1. The van der Waals surface area contributed by atoms with Gasteiger partial charge >= 0.3 is 0 Å². The van der Waals surface area contributed by atoms with Gasteiger partial charge in [-0.25, -0.2) is 0 Å². The van der Waals surface area contributed by atoms with Crippen LogP contribution in [0.25, 0.3) is 0 Å². The van der Waals surface area contributed by atoms with Crippen molar-refractivity contribution in [1.82, 2.24) is 0 Å². The second kappa shape index (κ2) is 5.13. The molecule has 0 aromatic heterocycles. The van der Waals surface area contributed by atoms with Gasteiger partial charge in [-0.2, -0.15) is 0 Å². The molecular formula is C15H12Cl2O. The number of rotatable bonds is 2. The van der Waals surface area contributed by atoms with Gasteiger partial charge in [0.2, 0.25) is 0 Å². The molecule has 0 radical (unpaired) electrons. The van der Waals surface area contributed by atoms with Crippen LogP contribution in [0.4, 0.5) is 0 Å². The number of halogens is 2. The van der Waals surface area contributed by atoms with Crippen molar-refractivity contribution in [3.05, 3.63) is 68.7 Å². The topological polar surface area (TPSA) is 17.1 Å². The molecule has 0 N–H and O–H groups in total. The van der Waals surface area contributed by atoms with Crippen LogP contribution in [0.15, 0.2) is 36.4 Å². The lowest BCUT2D eigenvalue weighted by Gasteiger charge is -2.08. The molecule has 0 heterocycles. The molecule has 0 aliphatic heterocycles. The van der Waals surface area contributed by atoms with Crippen LogP contribution in [-0.4, -0.2) is 5.78 Å². The summed E-state index contributed by atoms with van der Waals surface area (Å²) in [4.78, 5) is 12.4. The van der Waals surface area contributed by atoms with Crippen molar-refractivity contribution >= 4 is 29.0 Å². The monoisotopic (exact) mass is 278 g/mol. The van der Waals surface area contributed by atoms with E-state index in [1.807, 2.05) is 19.9 Å². The molecule has 1 nitrogen and oxygen atoms in total. The van der Waals surface area contributed by atoms with Gasteiger partial charge in [0.25, 0.3) is 0 Å². The number of aryl methyl sites for hydroxylation is 2. The van der Waals surface area contributed by atoms with Gasteiger partial charge in [-0.15, -0.1) is 0 Å². The number of hydrogen-bond donors (Lipinski definition) is 0. The van der Waals surface area contributed by atoms with Crippen molar-refractivity contribution in [3.8, 4) is 0 Å². The summed E-state index contributed by atoms with van der Waals surface area (Å²) < 4.78 is 0. The molecule has 0 fully saturated rings. The molecule has 0 unspecified atom stereocenters. The van der Waals surface area contributed by atoms with Gasteiger partial charge < -0.3 is 0 Å². The average molecular weight is 279 g/mol. The van der Waals surface area contributed by atoms with Crippen LogP contribution in [0.2, 0.25) is 10.0 Å². The third-order valence-corrected chi connectivity index (χ3v) is 3.59. The normalized spacial score (nSPS) is 10.4. The van der Waals surface area contributed by atoms with Crippen molar-refractivity contribution in [1.29, 1.82) is 0 Å². The molecule has 2 aromatic rings. The van der Waals surface area contributed by atoms with E-state index >= 15 is 0 Å². The molecule has 0 atom stereocenters. The van der Waals surface area contributed by atoms with Crippen molar-refractivity contribution in [3.63, 3.8) is 0 Å². The molecule has 18 heavy (non-hydrogen) atoms. The van der Waals surface area contributed by atoms with Gasteiger partial charge in [0, 0.05) is 11.1 Å². The van der Waals surface area contributed by atoms with Crippen LogP contribution < -0.4 is 0 Å². The highest BCUT2D eigenvalue weighted by molar-refractivity contribution is 6.38. The van der Waals surface area contributed by atoms with Gasteiger partial charge in [-0.1, -0.05) is 35.3 Å². The Morgan fingerprint density at radius 3 is 2.17 bits per heavy atom. The van der Waals surface area contributed by atoms with E-state index in [1.54, 1.807) is 30.3 Å². The molecule has 0 aliphatic carbocycles. The average Bonchev–Trinajstić information content (AvgIpc) is 2.33. The summed E-state index contributed by atoms with van der Waals surface area (Å²) in [5.74, 6) is -0.145. The highest BCUT2D eigenvalue weighted by Gasteiger charge is 2.16.